The Morgan fingerprint density at radius 2 is 0.781 bits per heavy atom. The Labute approximate surface area is 445 Å². The second-order valence-corrected chi connectivity index (χ2v) is 21.0. The number of hydrogen-bond donors (Lipinski definition) is 3. The second kappa shape index (κ2) is 50.0. The van der Waals surface area contributed by atoms with Gasteiger partial charge in [0.05, 0.1) is 6.61 Å². The van der Waals surface area contributed by atoms with Gasteiger partial charge in [-0.1, -0.05) is 225 Å². The van der Waals surface area contributed by atoms with Gasteiger partial charge in [0.15, 0.2) is 24.6 Å². The molecule has 0 amide bonds. The SMILES string of the molecule is CCCCCCCC/C=C\CCCCCCCCCC(=O)OCC(COC1OC(C(=O)O)C(O)C(O)C1OC(=O)CCCCCCCCCCCCC)OC(=O)CCCCCCC/C=C\CCCCCCCC. The average Bonchev–Trinajstić information content (AvgIpc) is 3.37. The Bertz CT molecular complexity index is 1370. The standard InChI is InChI=1S/C61H110O12/c1-4-7-10-13-16-19-22-24-26-27-29-30-33-35-38-41-44-47-53(62)69-50-52(71-54(63)48-45-42-39-37-34-31-28-25-23-20-17-14-11-8-5-2)51-70-61-59(57(66)56(65)58(73-61)60(67)68)72-55(64)49-46-43-40-36-32-21-18-15-12-9-6-3/h24-26,28,52,56-59,61,65-66H,4-23,27,29-51H2,1-3H3,(H,67,68)/b26-24-,28-25-. The first-order valence-corrected chi connectivity index (χ1v) is 30.3. The molecule has 0 aromatic heterocycles. The van der Waals surface area contributed by atoms with E-state index >= 15 is 0 Å². The monoisotopic (exact) mass is 1030 g/mol. The van der Waals surface area contributed by atoms with Gasteiger partial charge in [0.1, 0.15) is 18.8 Å². The topological polar surface area (TPSA) is 175 Å². The summed E-state index contributed by atoms with van der Waals surface area (Å²) in [5.74, 6) is -3.11. The van der Waals surface area contributed by atoms with Crippen LogP contribution in [-0.4, -0.2) is 89.2 Å². The van der Waals surface area contributed by atoms with E-state index in [2.05, 4.69) is 45.1 Å². The Kier molecular flexibility index (Phi) is 46.8. The fourth-order valence-corrected chi connectivity index (χ4v) is 9.30. The van der Waals surface area contributed by atoms with Crippen molar-refractivity contribution in [1.82, 2.24) is 0 Å². The summed E-state index contributed by atoms with van der Waals surface area (Å²) in [5.41, 5.74) is 0. The number of allylic oxidation sites excluding steroid dienone is 4. The van der Waals surface area contributed by atoms with Crippen molar-refractivity contribution in [2.75, 3.05) is 13.2 Å². The zero-order valence-corrected chi connectivity index (χ0v) is 46.9. The quantitative estimate of drug-likeness (QED) is 0.0228. The molecule has 0 spiro atoms. The highest BCUT2D eigenvalue weighted by atomic mass is 16.7. The molecule has 1 aliphatic heterocycles. The lowest BCUT2D eigenvalue weighted by molar-refractivity contribution is -0.301. The molecule has 426 valence electrons. The number of hydrogen-bond acceptors (Lipinski definition) is 11. The molecule has 12 heteroatoms. The molecule has 0 aromatic carbocycles. The minimum atomic E-state index is -1.90. The number of unbranched alkanes of at least 4 members (excludes halogenated alkanes) is 34. The molecule has 1 saturated heterocycles. The summed E-state index contributed by atoms with van der Waals surface area (Å²) in [7, 11) is 0. The average molecular weight is 1040 g/mol. The van der Waals surface area contributed by atoms with E-state index in [0.29, 0.717) is 19.3 Å². The lowest BCUT2D eigenvalue weighted by Gasteiger charge is -2.40. The summed E-state index contributed by atoms with van der Waals surface area (Å²) in [6.07, 6.45) is 44.3. The van der Waals surface area contributed by atoms with Gasteiger partial charge in [-0.3, -0.25) is 14.4 Å². The van der Waals surface area contributed by atoms with Crippen molar-refractivity contribution < 1.29 is 58.2 Å². The van der Waals surface area contributed by atoms with E-state index in [4.69, 9.17) is 23.7 Å². The van der Waals surface area contributed by atoms with Crippen LogP contribution in [0, 0.1) is 0 Å². The zero-order valence-electron chi connectivity index (χ0n) is 46.9. The number of aliphatic hydroxyl groups excluding tert-OH is 2. The van der Waals surface area contributed by atoms with E-state index < -0.39 is 67.3 Å². The maximum Gasteiger partial charge on any atom is 0.335 e. The van der Waals surface area contributed by atoms with E-state index in [9.17, 15) is 34.5 Å². The molecule has 0 aliphatic carbocycles. The Balaban J connectivity index is 2.67. The number of carbonyl (C=O) groups excluding carboxylic acids is 3. The molecule has 3 N–H and O–H groups in total. The van der Waals surface area contributed by atoms with Crippen LogP contribution < -0.4 is 0 Å². The van der Waals surface area contributed by atoms with Gasteiger partial charge in [0, 0.05) is 19.3 Å². The molecule has 0 saturated carbocycles. The van der Waals surface area contributed by atoms with E-state index in [-0.39, 0.29) is 25.9 Å². The van der Waals surface area contributed by atoms with Crippen LogP contribution in [0.15, 0.2) is 24.3 Å². The summed E-state index contributed by atoms with van der Waals surface area (Å²) in [5, 5.41) is 31.4. The maximum absolute atomic E-state index is 13.1. The second-order valence-electron chi connectivity index (χ2n) is 21.0. The molecule has 6 atom stereocenters. The number of ether oxygens (including phenoxy) is 5. The number of carbonyl (C=O) groups is 4. The van der Waals surface area contributed by atoms with Gasteiger partial charge in [-0.2, -0.15) is 0 Å². The molecule has 73 heavy (non-hydrogen) atoms. The molecule has 0 bridgehead atoms. The molecule has 0 aromatic rings. The minimum Gasteiger partial charge on any atom is -0.479 e. The van der Waals surface area contributed by atoms with Gasteiger partial charge in [-0.15, -0.1) is 0 Å². The van der Waals surface area contributed by atoms with E-state index in [1.807, 2.05) is 0 Å². The lowest BCUT2D eigenvalue weighted by atomic mass is 9.98. The molecule has 12 nitrogen and oxygen atoms in total. The van der Waals surface area contributed by atoms with Crippen LogP contribution in [0.1, 0.15) is 290 Å². The highest BCUT2D eigenvalue weighted by molar-refractivity contribution is 5.74. The van der Waals surface area contributed by atoms with Crippen molar-refractivity contribution in [3.8, 4) is 0 Å². The number of rotatable bonds is 52. The van der Waals surface area contributed by atoms with Crippen molar-refractivity contribution in [1.29, 1.82) is 0 Å². The largest absolute Gasteiger partial charge is 0.479 e. The van der Waals surface area contributed by atoms with Crippen molar-refractivity contribution >= 4 is 23.9 Å². The summed E-state index contributed by atoms with van der Waals surface area (Å²) in [4.78, 5) is 51.1. The highest BCUT2D eigenvalue weighted by Gasteiger charge is 2.50. The van der Waals surface area contributed by atoms with Gasteiger partial charge in [-0.05, 0) is 70.6 Å². The molecular weight excluding hydrogens is 925 g/mol. The molecule has 1 fully saturated rings. The lowest BCUT2D eigenvalue weighted by Crippen LogP contribution is -2.61. The molecule has 6 unspecified atom stereocenters. The van der Waals surface area contributed by atoms with Crippen LogP contribution in [0.2, 0.25) is 0 Å². The summed E-state index contributed by atoms with van der Waals surface area (Å²) >= 11 is 0. The molecular formula is C61H110O12. The van der Waals surface area contributed by atoms with Crippen molar-refractivity contribution in [3.63, 3.8) is 0 Å². The van der Waals surface area contributed by atoms with Crippen LogP contribution in [-0.2, 0) is 42.9 Å². The van der Waals surface area contributed by atoms with Gasteiger partial charge in [-0.25, -0.2) is 4.79 Å². The molecule has 0 radical (unpaired) electrons. The first-order valence-electron chi connectivity index (χ1n) is 30.3. The highest BCUT2D eigenvalue weighted by Crippen LogP contribution is 2.27. The third-order valence-electron chi connectivity index (χ3n) is 14.0. The predicted octanol–water partition coefficient (Wildman–Crippen LogP) is 15.5. The Morgan fingerprint density at radius 1 is 0.438 bits per heavy atom. The van der Waals surface area contributed by atoms with Crippen molar-refractivity contribution in [3.05, 3.63) is 24.3 Å². The van der Waals surface area contributed by atoms with Crippen molar-refractivity contribution in [2.45, 2.75) is 327 Å². The van der Waals surface area contributed by atoms with Gasteiger partial charge in [0.25, 0.3) is 0 Å². The summed E-state index contributed by atoms with van der Waals surface area (Å²) in [6.45, 7) is 5.98. The fourth-order valence-electron chi connectivity index (χ4n) is 9.30. The van der Waals surface area contributed by atoms with E-state index in [1.54, 1.807) is 0 Å². The van der Waals surface area contributed by atoms with Gasteiger partial charge >= 0.3 is 23.9 Å². The zero-order chi connectivity index (χ0) is 53.3. The predicted molar refractivity (Wildman–Crippen MR) is 294 cm³/mol. The Hall–Kier alpha value is -2.80. The maximum atomic E-state index is 13.1. The normalized spacial score (nSPS) is 18.4. The third-order valence-corrected chi connectivity index (χ3v) is 14.0. The summed E-state index contributed by atoms with van der Waals surface area (Å²) < 4.78 is 28.4. The van der Waals surface area contributed by atoms with E-state index in [1.165, 1.54) is 141 Å². The van der Waals surface area contributed by atoms with Gasteiger partial charge < -0.3 is 39.0 Å². The number of aliphatic carboxylic acids is 1. The number of esters is 3. The molecule has 1 heterocycles. The van der Waals surface area contributed by atoms with Crippen LogP contribution in [0.5, 0.6) is 0 Å². The number of aliphatic hydroxyl groups is 2. The summed E-state index contributed by atoms with van der Waals surface area (Å²) in [6, 6.07) is 0. The molecule has 1 rings (SSSR count). The first-order chi connectivity index (χ1) is 35.6. The Morgan fingerprint density at radius 3 is 1.16 bits per heavy atom. The minimum absolute atomic E-state index is 0.0647. The first kappa shape index (κ1) is 68.2. The van der Waals surface area contributed by atoms with Crippen molar-refractivity contribution in [2.24, 2.45) is 0 Å². The fraction of sp³-hybridized carbons (Fsp3) is 0.869. The number of carboxylic acid groups (broad SMARTS) is 1. The van der Waals surface area contributed by atoms with Gasteiger partial charge in [0.2, 0.25) is 0 Å². The third kappa shape index (κ3) is 40.2. The van der Waals surface area contributed by atoms with Crippen LogP contribution in [0.4, 0.5) is 0 Å². The number of carboxylic acids is 1. The van der Waals surface area contributed by atoms with Crippen LogP contribution >= 0.6 is 0 Å². The van der Waals surface area contributed by atoms with Crippen LogP contribution in [0.25, 0.3) is 0 Å². The van der Waals surface area contributed by atoms with E-state index in [0.717, 1.165) is 89.9 Å². The van der Waals surface area contributed by atoms with Crippen LogP contribution in [0.3, 0.4) is 0 Å². The smallest absolute Gasteiger partial charge is 0.335 e. The molecule has 1 aliphatic rings.